The minimum atomic E-state index is -1.29. The number of hydrogen-bond acceptors (Lipinski definition) is 10. The Morgan fingerprint density at radius 3 is 2.24 bits per heavy atom. The van der Waals surface area contributed by atoms with Crippen LogP contribution in [0.25, 0.3) is 0 Å². The summed E-state index contributed by atoms with van der Waals surface area (Å²) in [4.78, 5) is 58.7. The van der Waals surface area contributed by atoms with Crippen LogP contribution in [-0.4, -0.2) is 59.7 Å². The molecule has 0 aromatic rings. The van der Waals surface area contributed by atoms with E-state index in [0.29, 0.717) is 0 Å². The van der Waals surface area contributed by atoms with Gasteiger partial charge in [0.05, 0.1) is 5.41 Å². The topological polar surface area (TPSA) is 185 Å². The highest BCUT2D eigenvalue weighted by Crippen LogP contribution is 2.19. The van der Waals surface area contributed by atoms with Crippen LogP contribution < -0.4 is 5.73 Å². The summed E-state index contributed by atoms with van der Waals surface area (Å²) in [7, 11) is 0. The van der Waals surface area contributed by atoms with Gasteiger partial charge in [0.2, 0.25) is 5.78 Å². The zero-order valence-corrected chi connectivity index (χ0v) is 13.8. The van der Waals surface area contributed by atoms with Gasteiger partial charge in [-0.05, 0) is 6.42 Å². The van der Waals surface area contributed by atoms with E-state index in [4.69, 9.17) is 15.6 Å². The second-order valence-corrected chi connectivity index (χ2v) is 5.58. The first kappa shape index (κ1) is 22.2. The first-order chi connectivity index (χ1) is 11.5. The zero-order valence-electron chi connectivity index (χ0n) is 13.8. The quantitative estimate of drug-likeness (QED) is 0.188. The molecular formula is C13H20N2O10. The maximum atomic E-state index is 11.6. The van der Waals surface area contributed by atoms with Gasteiger partial charge in [-0.25, -0.2) is 4.79 Å². The number of esters is 2. The van der Waals surface area contributed by atoms with E-state index in [9.17, 15) is 29.3 Å². The van der Waals surface area contributed by atoms with E-state index in [1.165, 1.54) is 6.92 Å². The van der Waals surface area contributed by atoms with E-state index >= 15 is 0 Å². The maximum absolute atomic E-state index is 11.6. The van der Waals surface area contributed by atoms with Crippen molar-refractivity contribution in [3.8, 4) is 0 Å². The Hall–Kier alpha value is -2.76. The summed E-state index contributed by atoms with van der Waals surface area (Å²) >= 11 is 0. The average Bonchev–Trinajstić information content (AvgIpc) is 2.53. The van der Waals surface area contributed by atoms with Crippen LogP contribution in [-0.2, 0) is 33.5 Å². The molecule has 0 bridgehead atoms. The number of ether oxygens (including phenoxy) is 2. The molecule has 0 aliphatic carbocycles. The normalized spacial score (nSPS) is 13.9. The Morgan fingerprint density at radius 2 is 1.76 bits per heavy atom. The number of rotatable bonds is 12. The number of carboxylic acid groups (broad SMARTS) is 1. The maximum Gasteiger partial charge on any atom is 0.374 e. The van der Waals surface area contributed by atoms with E-state index < -0.39 is 60.1 Å². The van der Waals surface area contributed by atoms with Gasteiger partial charge in [0.15, 0.2) is 0 Å². The number of nitrogens with two attached hydrogens (primary N) is 1. The van der Waals surface area contributed by atoms with Gasteiger partial charge in [0.25, 0.3) is 5.09 Å². The molecule has 12 nitrogen and oxygen atoms in total. The highest BCUT2D eigenvalue weighted by Gasteiger charge is 2.31. The third-order valence-electron chi connectivity index (χ3n) is 2.92. The number of carboxylic acids is 1. The van der Waals surface area contributed by atoms with Crippen molar-refractivity contribution in [2.24, 2.45) is 11.1 Å². The summed E-state index contributed by atoms with van der Waals surface area (Å²) in [6, 6.07) is -1.23. The van der Waals surface area contributed by atoms with Crippen LogP contribution in [0.5, 0.6) is 0 Å². The Morgan fingerprint density at radius 1 is 1.20 bits per heavy atom. The molecule has 3 N–H and O–H groups in total. The number of nitrogens with zero attached hydrogens (tertiary/aromatic N) is 1. The lowest BCUT2D eigenvalue weighted by Crippen LogP contribution is -2.37. The van der Waals surface area contributed by atoms with Crippen molar-refractivity contribution in [1.29, 1.82) is 0 Å². The first-order valence-electron chi connectivity index (χ1n) is 7.06. The van der Waals surface area contributed by atoms with E-state index in [-0.39, 0.29) is 12.8 Å². The van der Waals surface area contributed by atoms with Gasteiger partial charge in [-0.2, -0.15) is 0 Å². The Bertz CT molecular complexity index is 535. The smallest absolute Gasteiger partial charge is 0.374 e. The lowest BCUT2D eigenvalue weighted by atomic mass is 9.94. The van der Waals surface area contributed by atoms with E-state index in [1.54, 1.807) is 0 Å². The summed E-state index contributed by atoms with van der Waals surface area (Å²) in [5, 5.41) is 17.9. The van der Waals surface area contributed by atoms with Crippen molar-refractivity contribution >= 4 is 23.7 Å². The molecule has 0 aliphatic heterocycles. The van der Waals surface area contributed by atoms with Gasteiger partial charge >= 0.3 is 17.9 Å². The van der Waals surface area contributed by atoms with E-state index in [1.807, 2.05) is 0 Å². The molecule has 0 spiro atoms. The minimum Gasteiger partial charge on any atom is -0.480 e. The Labute approximate surface area is 142 Å². The second kappa shape index (κ2) is 10.2. The van der Waals surface area contributed by atoms with Crippen LogP contribution in [0.15, 0.2) is 0 Å². The number of hydrogen-bond donors (Lipinski definition) is 2. The lowest BCUT2D eigenvalue weighted by molar-refractivity contribution is -0.761. The fraction of sp³-hybridized carbons (Fsp3) is 0.692. The fourth-order valence-electron chi connectivity index (χ4n) is 1.40. The largest absolute Gasteiger partial charge is 0.480 e. The van der Waals surface area contributed by atoms with Crippen LogP contribution in [0.2, 0.25) is 0 Å². The van der Waals surface area contributed by atoms with Gasteiger partial charge in [0, 0.05) is 13.3 Å². The van der Waals surface area contributed by atoms with Crippen molar-refractivity contribution in [2.75, 3.05) is 19.8 Å². The molecule has 25 heavy (non-hydrogen) atoms. The summed E-state index contributed by atoms with van der Waals surface area (Å²) < 4.78 is 9.58. The van der Waals surface area contributed by atoms with Crippen molar-refractivity contribution in [1.82, 2.24) is 0 Å². The molecule has 0 heterocycles. The predicted octanol–water partition coefficient (Wildman–Crippen LogP) is -0.931. The molecule has 0 amide bonds. The van der Waals surface area contributed by atoms with Crippen molar-refractivity contribution in [3.05, 3.63) is 10.1 Å². The average molecular weight is 364 g/mol. The Balaban J connectivity index is 4.62. The molecule has 1 unspecified atom stereocenters. The fourth-order valence-corrected chi connectivity index (χ4v) is 1.40. The molecule has 0 rings (SSSR count). The third kappa shape index (κ3) is 9.86. The molecule has 142 valence electrons. The van der Waals surface area contributed by atoms with Crippen LogP contribution in [0.3, 0.4) is 0 Å². The molecule has 0 aromatic heterocycles. The molecule has 0 fully saturated rings. The van der Waals surface area contributed by atoms with Crippen LogP contribution in [0, 0.1) is 15.5 Å². The number of carbonyl (C=O) groups excluding carboxylic acids is 3. The van der Waals surface area contributed by atoms with Gasteiger partial charge in [-0.1, -0.05) is 6.92 Å². The number of carbonyl (C=O) groups is 4. The third-order valence-corrected chi connectivity index (χ3v) is 2.92. The predicted molar refractivity (Wildman–Crippen MR) is 78.5 cm³/mol. The van der Waals surface area contributed by atoms with E-state index in [2.05, 4.69) is 9.57 Å². The van der Waals surface area contributed by atoms with Crippen LogP contribution >= 0.6 is 0 Å². The summed E-state index contributed by atoms with van der Waals surface area (Å²) in [6.07, 6.45) is -0.442. The minimum absolute atomic E-state index is 0.157. The van der Waals surface area contributed by atoms with Crippen molar-refractivity contribution in [3.63, 3.8) is 0 Å². The monoisotopic (exact) mass is 364 g/mol. The van der Waals surface area contributed by atoms with Crippen LogP contribution in [0.1, 0.15) is 26.7 Å². The highest BCUT2D eigenvalue weighted by molar-refractivity contribution is 6.32. The van der Waals surface area contributed by atoms with Crippen molar-refractivity contribution < 1.29 is 43.7 Å². The molecule has 0 aromatic carbocycles. The van der Waals surface area contributed by atoms with Crippen molar-refractivity contribution in [2.45, 2.75) is 32.7 Å². The number of aliphatic carboxylic acids is 1. The van der Waals surface area contributed by atoms with E-state index in [0.717, 1.165) is 6.92 Å². The molecule has 0 saturated carbocycles. The lowest BCUT2D eigenvalue weighted by Gasteiger charge is -2.27. The number of Topliss-reactive ketones (excluding diaryl/α,β-unsaturated/α-hetero) is 1. The molecule has 0 saturated heterocycles. The van der Waals surface area contributed by atoms with Gasteiger partial charge < -0.3 is 25.2 Å². The molecule has 0 aliphatic rings. The highest BCUT2D eigenvalue weighted by atomic mass is 16.9. The second-order valence-electron chi connectivity index (χ2n) is 5.58. The summed E-state index contributed by atoms with van der Waals surface area (Å²) in [5.74, 6) is -4.07. The van der Waals surface area contributed by atoms with Crippen LogP contribution in [0.4, 0.5) is 0 Å². The van der Waals surface area contributed by atoms with Gasteiger partial charge in [-0.3, -0.25) is 14.4 Å². The first-order valence-corrected chi connectivity index (χ1v) is 7.06. The molecule has 0 radical (unpaired) electrons. The molecule has 2 atom stereocenters. The van der Waals surface area contributed by atoms with Gasteiger partial charge in [-0.15, -0.1) is 10.1 Å². The number of ketones is 1. The summed E-state index contributed by atoms with van der Waals surface area (Å²) in [6.45, 7) is 0.903. The molecule has 12 heteroatoms. The molecular weight excluding hydrogens is 344 g/mol. The SMILES string of the molecule is CC(=O)C(=O)OCC(C)(COC(=O)CC[C@H](N)C(=O)O)CO[N+](=O)[O-]. The summed E-state index contributed by atoms with van der Waals surface area (Å²) in [5.41, 5.74) is 3.96. The zero-order chi connectivity index (χ0) is 19.6. The Kier molecular flexibility index (Phi) is 9.05. The van der Waals surface area contributed by atoms with Gasteiger partial charge in [0.1, 0.15) is 25.9 Å². The standard InChI is InChI=1S/C13H20N2O10/c1-8(16)12(20)24-6-13(2,7-25-15(21)22)5-23-10(17)4-3-9(14)11(18)19/h9H,3-7,14H2,1-2H3,(H,18,19)/t9-,13?/m0/s1.